The van der Waals surface area contributed by atoms with Crippen LogP contribution in [0.3, 0.4) is 0 Å². The summed E-state index contributed by atoms with van der Waals surface area (Å²) in [6.45, 7) is 20.6. The number of amides is 2. The third-order valence-corrected chi connectivity index (χ3v) is 11.0. The smallest absolute Gasteiger partial charge is 0.240 e. The molecular formula is C35H55ClN4O3. The minimum Gasteiger partial charge on any atom is -0.378 e. The number of benzene rings is 1. The molecule has 3 saturated heterocycles. The highest BCUT2D eigenvalue weighted by atomic mass is 35.5. The van der Waals surface area contributed by atoms with Crippen molar-refractivity contribution in [3.63, 3.8) is 0 Å². The Morgan fingerprint density at radius 3 is 2.19 bits per heavy atom. The maximum Gasteiger partial charge on any atom is 0.240 e. The molecule has 43 heavy (non-hydrogen) atoms. The lowest BCUT2D eigenvalue weighted by atomic mass is 9.75. The summed E-state index contributed by atoms with van der Waals surface area (Å²) >= 11 is 6.32. The Balaban J connectivity index is 1.50. The third kappa shape index (κ3) is 7.26. The molecule has 3 heterocycles. The molecule has 8 heteroatoms. The molecule has 2 amide bonds. The van der Waals surface area contributed by atoms with E-state index in [0.717, 1.165) is 50.3 Å². The van der Waals surface area contributed by atoms with Gasteiger partial charge in [-0.2, -0.15) is 0 Å². The van der Waals surface area contributed by atoms with E-state index in [9.17, 15) is 9.59 Å². The normalized spacial score (nSPS) is 29.4. The average molecular weight is 615 g/mol. The maximum atomic E-state index is 14.4. The fraction of sp³-hybridized carbons (Fsp3) is 0.771. The number of likely N-dealkylation sites (tertiary alicyclic amines) is 2. The van der Waals surface area contributed by atoms with Crippen LogP contribution < -0.4 is 0 Å². The zero-order chi connectivity index (χ0) is 31.1. The van der Waals surface area contributed by atoms with Crippen LogP contribution in [0, 0.1) is 11.3 Å². The van der Waals surface area contributed by atoms with Gasteiger partial charge in [-0.05, 0) is 76.0 Å². The molecule has 3 aliphatic heterocycles. The summed E-state index contributed by atoms with van der Waals surface area (Å²) in [5.74, 6) is 0.629. The van der Waals surface area contributed by atoms with Crippen LogP contribution in [0.25, 0.3) is 0 Å². The zero-order valence-corrected chi connectivity index (χ0v) is 28.4. The molecule has 4 aliphatic rings. The highest BCUT2D eigenvalue weighted by Gasteiger charge is 2.51. The predicted molar refractivity (Wildman–Crippen MR) is 173 cm³/mol. The van der Waals surface area contributed by atoms with Crippen LogP contribution in [0.15, 0.2) is 24.3 Å². The number of morpholine rings is 1. The molecule has 1 aromatic rings. The molecule has 0 aromatic heterocycles. The van der Waals surface area contributed by atoms with Crippen LogP contribution in [0.2, 0.25) is 5.02 Å². The lowest BCUT2D eigenvalue weighted by Crippen LogP contribution is -2.54. The number of rotatable bonds is 6. The summed E-state index contributed by atoms with van der Waals surface area (Å²) in [5.41, 5.74) is 1.61. The van der Waals surface area contributed by atoms with E-state index in [1.54, 1.807) is 0 Å². The van der Waals surface area contributed by atoms with Crippen molar-refractivity contribution >= 4 is 23.4 Å². The van der Waals surface area contributed by atoms with Crippen LogP contribution >= 0.6 is 11.6 Å². The third-order valence-electron chi connectivity index (χ3n) is 10.7. The average Bonchev–Trinajstić information content (AvgIpc) is 3.60. The predicted octanol–water partition coefficient (Wildman–Crippen LogP) is 5.66. The molecule has 0 radical (unpaired) electrons. The van der Waals surface area contributed by atoms with E-state index in [1.165, 1.54) is 5.56 Å². The van der Waals surface area contributed by atoms with E-state index >= 15 is 0 Å². The monoisotopic (exact) mass is 614 g/mol. The van der Waals surface area contributed by atoms with Gasteiger partial charge in [-0.3, -0.25) is 19.4 Å². The number of hydrogen-bond acceptors (Lipinski definition) is 5. The first-order valence-electron chi connectivity index (χ1n) is 16.7. The second-order valence-corrected chi connectivity index (χ2v) is 16.1. The second-order valence-electron chi connectivity index (χ2n) is 15.6. The Morgan fingerprint density at radius 1 is 0.977 bits per heavy atom. The summed E-state index contributed by atoms with van der Waals surface area (Å²) in [4.78, 5) is 37.7. The van der Waals surface area contributed by atoms with E-state index in [4.69, 9.17) is 16.3 Å². The molecule has 0 N–H and O–H groups in total. The number of ether oxygens (including phenoxy) is 1. The first-order chi connectivity index (χ1) is 20.2. The van der Waals surface area contributed by atoms with Crippen LogP contribution in [0.4, 0.5) is 0 Å². The van der Waals surface area contributed by atoms with Gasteiger partial charge in [0.25, 0.3) is 0 Å². The van der Waals surface area contributed by atoms with Gasteiger partial charge in [-0.15, -0.1) is 0 Å². The lowest BCUT2D eigenvalue weighted by molar-refractivity contribution is -0.142. The topological polar surface area (TPSA) is 56.3 Å². The Hall–Kier alpha value is -1.67. The Labute approximate surface area is 265 Å². The van der Waals surface area contributed by atoms with Gasteiger partial charge in [0.2, 0.25) is 11.8 Å². The number of hydrogen-bond donors (Lipinski definition) is 0. The molecule has 1 aliphatic carbocycles. The minimum absolute atomic E-state index is 0.0107. The van der Waals surface area contributed by atoms with Gasteiger partial charge in [-0.25, -0.2) is 0 Å². The molecule has 4 atom stereocenters. The summed E-state index contributed by atoms with van der Waals surface area (Å²) in [7, 11) is 0. The van der Waals surface area contributed by atoms with Crippen LogP contribution in [-0.4, -0.2) is 107 Å². The molecule has 5 rings (SSSR count). The number of nitrogens with zero attached hydrogens (tertiary/aromatic N) is 4. The number of carbonyl (C=O) groups is 2. The Bertz CT molecular complexity index is 1120. The van der Waals surface area contributed by atoms with E-state index in [-0.39, 0.29) is 53.4 Å². The van der Waals surface area contributed by atoms with Crippen LogP contribution in [0.5, 0.6) is 0 Å². The molecular weight excluding hydrogens is 560 g/mol. The molecule has 240 valence electrons. The zero-order valence-electron chi connectivity index (χ0n) is 27.7. The summed E-state index contributed by atoms with van der Waals surface area (Å²) in [5, 5.41) is 0.742. The van der Waals surface area contributed by atoms with Crippen molar-refractivity contribution in [2.24, 2.45) is 11.3 Å². The minimum atomic E-state index is -0.245. The number of carbonyl (C=O) groups excluding carboxylic acids is 2. The molecule has 4 fully saturated rings. The fourth-order valence-electron chi connectivity index (χ4n) is 7.97. The molecule has 0 unspecified atom stereocenters. The van der Waals surface area contributed by atoms with Crippen LogP contribution in [0.1, 0.15) is 92.1 Å². The molecule has 0 spiro atoms. The molecule has 1 aromatic carbocycles. The second kappa shape index (κ2) is 13.0. The molecule has 1 saturated carbocycles. The highest BCUT2D eigenvalue weighted by molar-refractivity contribution is 6.30. The van der Waals surface area contributed by atoms with Gasteiger partial charge in [0.05, 0.1) is 19.3 Å². The largest absolute Gasteiger partial charge is 0.378 e. The summed E-state index contributed by atoms with van der Waals surface area (Å²) < 4.78 is 5.61. The van der Waals surface area contributed by atoms with Crippen molar-refractivity contribution in [2.75, 3.05) is 45.9 Å². The van der Waals surface area contributed by atoms with Crippen molar-refractivity contribution in [1.29, 1.82) is 0 Å². The maximum absolute atomic E-state index is 14.4. The fourth-order valence-corrected chi connectivity index (χ4v) is 8.10. The van der Waals surface area contributed by atoms with E-state index in [0.29, 0.717) is 38.1 Å². The summed E-state index contributed by atoms with van der Waals surface area (Å²) in [6, 6.07) is 8.51. The highest BCUT2D eigenvalue weighted by Crippen LogP contribution is 2.42. The van der Waals surface area contributed by atoms with E-state index in [2.05, 4.69) is 61.5 Å². The first-order valence-corrected chi connectivity index (χ1v) is 17.1. The van der Waals surface area contributed by atoms with Gasteiger partial charge >= 0.3 is 0 Å². The van der Waals surface area contributed by atoms with Gasteiger partial charge in [0.1, 0.15) is 0 Å². The van der Waals surface area contributed by atoms with Crippen LogP contribution in [-0.2, 0) is 14.3 Å². The van der Waals surface area contributed by atoms with Gasteiger partial charge in [0, 0.05) is 73.2 Å². The number of halogens is 1. The van der Waals surface area contributed by atoms with Gasteiger partial charge in [0.15, 0.2) is 0 Å². The van der Waals surface area contributed by atoms with Gasteiger partial charge < -0.3 is 14.5 Å². The first kappa shape index (κ1) is 32.7. The van der Waals surface area contributed by atoms with Crippen molar-refractivity contribution in [2.45, 2.75) is 116 Å². The Morgan fingerprint density at radius 2 is 1.60 bits per heavy atom. The van der Waals surface area contributed by atoms with Gasteiger partial charge in [-0.1, -0.05) is 51.4 Å². The lowest BCUT2D eigenvalue weighted by Gasteiger charge is -2.43. The molecule has 0 bridgehead atoms. The SMILES string of the molecule is CC(C)C(=O)N(C1CCC(C)(C)CC1)[C@H]1C[C@@H](C(=O)N2CCOCC2)N([C@@H]2CN(C(C)(C)C)C[C@H]2c2ccc(Cl)cc2)C1. The summed E-state index contributed by atoms with van der Waals surface area (Å²) in [6.07, 6.45) is 5.05. The van der Waals surface area contributed by atoms with Crippen molar-refractivity contribution in [1.82, 2.24) is 19.6 Å². The Kier molecular flexibility index (Phi) is 9.87. The van der Waals surface area contributed by atoms with Crippen molar-refractivity contribution < 1.29 is 14.3 Å². The standard InChI is InChI=1S/C35H55ClN4O3/c1-24(2)32(41)40(27-12-14-35(6,7)15-13-27)28-20-30(33(42)37-16-18-43-19-17-37)39(21-28)31-23-38(34(3,4)5)22-29(31)25-8-10-26(36)11-9-25/h8-11,24,27-31H,12-23H2,1-7H3/t28-,29-,30-,31+/m0/s1. The van der Waals surface area contributed by atoms with Crippen molar-refractivity contribution in [3.05, 3.63) is 34.9 Å². The van der Waals surface area contributed by atoms with E-state index < -0.39 is 0 Å². The molecule has 7 nitrogen and oxygen atoms in total. The van der Waals surface area contributed by atoms with Crippen molar-refractivity contribution in [3.8, 4) is 0 Å². The van der Waals surface area contributed by atoms with E-state index in [1.807, 2.05) is 30.9 Å². The quantitative estimate of drug-likeness (QED) is 0.414.